The van der Waals surface area contributed by atoms with Gasteiger partial charge >= 0.3 is 0 Å². The molecule has 7 heteroatoms. The average Bonchev–Trinajstić information content (AvgIpc) is 2.43. The lowest BCUT2D eigenvalue weighted by atomic mass is 10.1. The molecule has 5 nitrogen and oxygen atoms in total. The molecular weight excluding hydrogens is 344 g/mol. The van der Waals surface area contributed by atoms with Gasteiger partial charge in [0.2, 0.25) is 0 Å². The molecular formula is C13H12BrClN4O. The maximum absolute atomic E-state index is 11.0. The summed E-state index contributed by atoms with van der Waals surface area (Å²) in [5.41, 5.74) is 6.37. The summed E-state index contributed by atoms with van der Waals surface area (Å²) < 4.78 is 1.00. The van der Waals surface area contributed by atoms with Crippen molar-refractivity contribution in [3.8, 4) is 0 Å². The average molecular weight is 356 g/mol. The molecule has 1 amide bonds. The molecule has 2 aromatic rings. The number of carbonyl (C=O) groups excluding carboxylic acids is 1. The quantitative estimate of drug-likeness (QED) is 0.864. The number of anilines is 1. The minimum Gasteiger partial charge on any atom is -0.368 e. The number of primary amides is 1. The summed E-state index contributed by atoms with van der Waals surface area (Å²) in [6, 6.07) is 5.63. The Balaban J connectivity index is 1.97. The van der Waals surface area contributed by atoms with Gasteiger partial charge in [0.25, 0.3) is 5.91 Å². The molecule has 104 valence electrons. The first-order valence-electron chi connectivity index (χ1n) is 5.86. The fraction of sp³-hybridized carbons (Fsp3) is 0.154. The Hall–Kier alpha value is -1.66. The number of hydrogen-bond acceptors (Lipinski definition) is 4. The number of hydrogen-bond donors (Lipinski definition) is 2. The van der Waals surface area contributed by atoms with Crippen LogP contribution in [0.5, 0.6) is 0 Å². The highest BCUT2D eigenvalue weighted by atomic mass is 79.9. The van der Waals surface area contributed by atoms with Crippen molar-refractivity contribution in [2.24, 2.45) is 5.73 Å². The van der Waals surface area contributed by atoms with Crippen LogP contribution in [-0.4, -0.2) is 22.4 Å². The summed E-state index contributed by atoms with van der Waals surface area (Å²) in [6.07, 6.45) is 3.63. The van der Waals surface area contributed by atoms with E-state index in [-0.39, 0.29) is 5.69 Å². The van der Waals surface area contributed by atoms with Crippen molar-refractivity contribution in [2.45, 2.75) is 6.42 Å². The number of amides is 1. The zero-order chi connectivity index (χ0) is 14.5. The number of nitrogens with zero attached hydrogens (tertiary/aromatic N) is 2. The van der Waals surface area contributed by atoms with Crippen LogP contribution in [-0.2, 0) is 6.42 Å². The Morgan fingerprint density at radius 1 is 1.40 bits per heavy atom. The van der Waals surface area contributed by atoms with Gasteiger partial charge < -0.3 is 11.1 Å². The molecule has 0 unspecified atom stereocenters. The van der Waals surface area contributed by atoms with Crippen LogP contribution < -0.4 is 11.1 Å². The summed E-state index contributed by atoms with van der Waals surface area (Å²) in [4.78, 5) is 19.0. The van der Waals surface area contributed by atoms with Gasteiger partial charge in [-0.25, -0.2) is 4.98 Å². The van der Waals surface area contributed by atoms with E-state index in [4.69, 9.17) is 17.3 Å². The molecule has 0 radical (unpaired) electrons. The van der Waals surface area contributed by atoms with E-state index in [1.54, 1.807) is 6.20 Å². The summed E-state index contributed by atoms with van der Waals surface area (Å²) in [7, 11) is 0. The second-order valence-corrected chi connectivity index (χ2v) is 5.36. The van der Waals surface area contributed by atoms with Gasteiger partial charge in [0.1, 0.15) is 11.5 Å². The van der Waals surface area contributed by atoms with Crippen LogP contribution >= 0.6 is 27.5 Å². The summed E-state index contributed by atoms with van der Waals surface area (Å²) >= 11 is 9.43. The second-order valence-electron chi connectivity index (χ2n) is 4.07. The number of halogens is 2. The lowest BCUT2D eigenvalue weighted by molar-refractivity contribution is 0.0995. The highest BCUT2D eigenvalue weighted by Gasteiger charge is 2.05. The molecule has 2 rings (SSSR count). The predicted octanol–water partition coefficient (Wildman–Crippen LogP) is 2.65. The Morgan fingerprint density at radius 2 is 2.20 bits per heavy atom. The summed E-state index contributed by atoms with van der Waals surface area (Å²) in [6.45, 7) is 0.635. The van der Waals surface area contributed by atoms with Crippen LogP contribution in [0.4, 0.5) is 5.82 Å². The van der Waals surface area contributed by atoms with Gasteiger partial charge in [-0.15, -0.1) is 0 Å². The van der Waals surface area contributed by atoms with Crippen molar-refractivity contribution in [3.05, 3.63) is 51.3 Å². The minimum absolute atomic E-state index is 0.138. The third kappa shape index (κ3) is 3.91. The molecule has 0 aliphatic heterocycles. The Kier molecular flexibility index (Phi) is 4.92. The Bertz CT molecular complexity index is 636. The van der Waals surface area contributed by atoms with E-state index in [9.17, 15) is 4.79 Å². The topological polar surface area (TPSA) is 80.9 Å². The van der Waals surface area contributed by atoms with E-state index in [1.165, 1.54) is 6.20 Å². The minimum atomic E-state index is -0.598. The predicted molar refractivity (Wildman–Crippen MR) is 81.9 cm³/mol. The molecule has 0 aliphatic carbocycles. The maximum atomic E-state index is 11.0. The van der Waals surface area contributed by atoms with Gasteiger partial charge in [0.05, 0.1) is 12.4 Å². The highest BCUT2D eigenvalue weighted by molar-refractivity contribution is 9.10. The van der Waals surface area contributed by atoms with E-state index in [1.807, 2.05) is 18.2 Å². The molecule has 0 saturated heterocycles. The molecule has 0 bridgehead atoms. The smallest absolute Gasteiger partial charge is 0.268 e. The van der Waals surface area contributed by atoms with Crippen molar-refractivity contribution < 1.29 is 4.79 Å². The number of benzene rings is 1. The first-order valence-corrected chi connectivity index (χ1v) is 7.03. The van der Waals surface area contributed by atoms with E-state index in [0.717, 1.165) is 16.5 Å². The van der Waals surface area contributed by atoms with Crippen LogP contribution in [0.1, 0.15) is 16.1 Å². The van der Waals surface area contributed by atoms with Gasteiger partial charge in [-0.3, -0.25) is 9.78 Å². The standard InChI is InChI=1S/C13H12BrClN4O/c14-10-2-1-9(15)5-8(10)3-4-18-12-7-17-6-11(19-12)13(16)20/h1-2,5-7H,3-4H2,(H2,16,20)(H,18,19). The van der Waals surface area contributed by atoms with Crippen LogP contribution in [0.3, 0.4) is 0 Å². The third-order valence-electron chi connectivity index (χ3n) is 2.60. The van der Waals surface area contributed by atoms with Gasteiger partial charge in [0.15, 0.2) is 0 Å². The van der Waals surface area contributed by atoms with Crippen molar-refractivity contribution in [1.82, 2.24) is 9.97 Å². The van der Waals surface area contributed by atoms with Crippen molar-refractivity contribution in [1.29, 1.82) is 0 Å². The molecule has 0 spiro atoms. The van der Waals surface area contributed by atoms with Crippen molar-refractivity contribution >= 4 is 39.3 Å². The molecule has 1 heterocycles. The van der Waals surface area contributed by atoms with Crippen LogP contribution in [0.2, 0.25) is 5.02 Å². The normalized spacial score (nSPS) is 10.3. The highest BCUT2D eigenvalue weighted by Crippen LogP contribution is 2.21. The zero-order valence-corrected chi connectivity index (χ0v) is 12.8. The van der Waals surface area contributed by atoms with E-state index < -0.39 is 5.91 Å². The SMILES string of the molecule is NC(=O)c1cncc(NCCc2cc(Cl)ccc2Br)n1. The fourth-order valence-corrected chi connectivity index (χ4v) is 2.27. The monoisotopic (exact) mass is 354 g/mol. The number of rotatable bonds is 5. The van der Waals surface area contributed by atoms with Crippen molar-refractivity contribution in [2.75, 3.05) is 11.9 Å². The van der Waals surface area contributed by atoms with Gasteiger partial charge in [-0.05, 0) is 30.2 Å². The molecule has 1 aromatic heterocycles. The number of nitrogens with one attached hydrogen (secondary N) is 1. The lowest BCUT2D eigenvalue weighted by Gasteiger charge is -2.08. The van der Waals surface area contributed by atoms with Crippen LogP contribution in [0.15, 0.2) is 35.1 Å². The van der Waals surface area contributed by atoms with E-state index >= 15 is 0 Å². The molecule has 0 saturated carbocycles. The molecule has 3 N–H and O–H groups in total. The zero-order valence-electron chi connectivity index (χ0n) is 10.4. The first kappa shape index (κ1) is 14.7. The van der Waals surface area contributed by atoms with E-state index in [0.29, 0.717) is 17.4 Å². The summed E-state index contributed by atoms with van der Waals surface area (Å²) in [5.74, 6) is -0.0850. The number of nitrogens with two attached hydrogens (primary N) is 1. The van der Waals surface area contributed by atoms with Gasteiger partial charge in [-0.2, -0.15) is 0 Å². The number of aromatic nitrogens is 2. The molecule has 0 atom stereocenters. The summed E-state index contributed by atoms with van der Waals surface area (Å²) in [5, 5.41) is 3.78. The maximum Gasteiger partial charge on any atom is 0.268 e. The Labute approximate surface area is 129 Å². The lowest BCUT2D eigenvalue weighted by Crippen LogP contribution is -2.15. The van der Waals surface area contributed by atoms with Crippen LogP contribution in [0, 0.1) is 0 Å². The van der Waals surface area contributed by atoms with Crippen molar-refractivity contribution in [3.63, 3.8) is 0 Å². The Morgan fingerprint density at radius 3 is 2.95 bits per heavy atom. The molecule has 20 heavy (non-hydrogen) atoms. The third-order valence-corrected chi connectivity index (χ3v) is 3.60. The largest absolute Gasteiger partial charge is 0.368 e. The van der Waals surface area contributed by atoms with E-state index in [2.05, 4.69) is 31.2 Å². The molecule has 0 fully saturated rings. The van der Waals surface area contributed by atoms with Gasteiger partial charge in [0, 0.05) is 16.0 Å². The van der Waals surface area contributed by atoms with Crippen LogP contribution in [0.25, 0.3) is 0 Å². The van der Waals surface area contributed by atoms with Gasteiger partial charge in [-0.1, -0.05) is 27.5 Å². The molecule has 1 aromatic carbocycles. The second kappa shape index (κ2) is 6.67. The molecule has 0 aliphatic rings. The first-order chi connectivity index (χ1) is 9.56. The number of carbonyl (C=O) groups is 1. The fourth-order valence-electron chi connectivity index (χ4n) is 1.63.